The number of aromatic amines is 1. The number of fused-ring (bicyclic) bond motifs is 1. The van der Waals surface area contributed by atoms with Crippen LogP contribution in [0.4, 0.5) is 5.69 Å². The quantitative estimate of drug-likeness (QED) is 0.502. The van der Waals surface area contributed by atoms with Gasteiger partial charge in [-0.3, -0.25) is 10.6 Å². The van der Waals surface area contributed by atoms with Crippen molar-refractivity contribution in [3.8, 4) is 6.07 Å². The fourth-order valence-corrected chi connectivity index (χ4v) is 2.42. The molecule has 0 radical (unpaired) electrons. The molecule has 3 aromatic rings. The normalized spacial score (nSPS) is 10.4. The Kier molecular flexibility index (Phi) is 3.56. The van der Waals surface area contributed by atoms with Gasteiger partial charge in [-0.2, -0.15) is 10.4 Å². The van der Waals surface area contributed by atoms with Crippen LogP contribution >= 0.6 is 0 Å². The van der Waals surface area contributed by atoms with Gasteiger partial charge >= 0.3 is 0 Å². The highest BCUT2D eigenvalue weighted by Gasteiger charge is 2.08. The number of hydrogen-bond acceptors (Lipinski definition) is 5. The lowest BCUT2D eigenvalue weighted by Crippen LogP contribution is -2.11. The summed E-state index contributed by atoms with van der Waals surface area (Å²) in [7, 11) is 0. The van der Waals surface area contributed by atoms with Crippen molar-refractivity contribution < 1.29 is 0 Å². The summed E-state index contributed by atoms with van der Waals surface area (Å²) in [5.74, 6) is 5.37. The van der Waals surface area contributed by atoms with Gasteiger partial charge in [0.15, 0.2) is 0 Å². The van der Waals surface area contributed by atoms with Crippen LogP contribution in [0.5, 0.6) is 0 Å². The molecule has 1 heterocycles. The third kappa shape index (κ3) is 2.41. The molecule has 0 unspecified atom stereocenters. The maximum absolute atomic E-state index is 11.8. The largest absolute Gasteiger partial charge is 0.323 e. The molecule has 6 heteroatoms. The van der Waals surface area contributed by atoms with Crippen molar-refractivity contribution in [3.05, 3.63) is 69.6 Å². The van der Waals surface area contributed by atoms with E-state index in [0.29, 0.717) is 23.1 Å². The molecule has 108 valence electrons. The molecular weight excluding hydrogens is 278 g/mol. The zero-order valence-electron chi connectivity index (χ0n) is 11.6. The van der Waals surface area contributed by atoms with Gasteiger partial charge in [-0.25, -0.2) is 5.10 Å². The van der Waals surface area contributed by atoms with E-state index in [4.69, 9.17) is 11.1 Å². The molecule has 22 heavy (non-hydrogen) atoms. The Bertz CT molecular complexity index is 939. The number of H-pyrrole nitrogens is 1. The second-order valence-corrected chi connectivity index (χ2v) is 4.86. The van der Waals surface area contributed by atoms with Crippen LogP contribution in [0.2, 0.25) is 0 Å². The molecule has 0 aliphatic heterocycles. The van der Waals surface area contributed by atoms with Crippen LogP contribution in [-0.4, -0.2) is 10.2 Å². The van der Waals surface area contributed by atoms with E-state index >= 15 is 0 Å². The SMILES string of the molecule is N#Cc1cc(Cc2n[nH]c(=O)c3ccccc23)ccc1NN. The Morgan fingerprint density at radius 1 is 1.23 bits per heavy atom. The van der Waals surface area contributed by atoms with E-state index in [9.17, 15) is 4.79 Å². The van der Waals surface area contributed by atoms with Gasteiger partial charge in [-0.05, 0) is 23.8 Å². The Balaban J connectivity index is 2.06. The van der Waals surface area contributed by atoms with Gasteiger partial charge in [0.1, 0.15) is 6.07 Å². The molecule has 0 aliphatic rings. The number of hydrogen-bond donors (Lipinski definition) is 3. The first-order valence-electron chi connectivity index (χ1n) is 6.69. The molecular formula is C16H13N5O. The molecule has 0 saturated carbocycles. The first-order valence-corrected chi connectivity index (χ1v) is 6.69. The minimum absolute atomic E-state index is 0.209. The molecule has 2 aromatic carbocycles. The van der Waals surface area contributed by atoms with Crippen LogP contribution in [0.15, 0.2) is 47.3 Å². The number of nitriles is 1. The zero-order chi connectivity index (χ0) is 15.5. The summed E-state index contributed by atoms with van der Waals surface area (Å²) in [6.45, 7) is 0. The number of aromatic nitrogens is 2. The molecule has 0 aliphatic carbocycles. The molecule has 0 amide bonds. The lowest BCUT2D eigenvalue weighted by molar-refractivity contribution is 0.934. The minimum Gasteiger partial charge on any atom is -0.323 e. The molecule has 0 saturated heterocycles. The summed E-state index contributed by atoms with van der Waals surface area (Å²) in [4.78, 5) is 11.8. The number of nitrogens with zero attached hydrogens (tertiary/aromatic N) is 2. The van der Waals surface area contributed by atoms with Crippen LogP contribution in [0.1, 0.15) is 16.8 Å². The third-order valence-corrected chi connectivity index (χ3v) is 3.51. The summed E-state index contributed by atoms with van der Waals surface area (Å²) in [6.07, 6.45) is 0.511. The topological polar surface area (TPSA) is 108 Å². The minimum atomic E-state index is -0.209. The Hall–Kier alpha value is -3.17. The van der Waals surface area contributed by atoms with E-state index in [-0.39, 0.29) is 5.56 Å². The highest BCUT2D eigenvalue weighted by atomic mass is 16.1. The number of rotatable bonds is 3. The van der Waals surface area contributed by atoms with E-state index in [0.717, 1.165) is 16.6 Å². The van der Waals surface area contributed by atoms with E-state index in [1.165, 1.54) is 0 Å². The molecule has 0 bridgehead atoms. The molecule has 4 N–H and O–H groups in total. The number of benzene rings is 2. The second-order valence-electron chi connectivity index (χ2n) is 4.86. The van der Waals surface area contributed by atoms with Crippen LogP contribution < -0.4 is 16.8 Å². The van der Waals surface area contributed by atoms with Crippen molar-refractivity contribution in [3.63, 3.8) is 0 Å². The van der Waals surface area contributed by atoms with Crippen LogP contribution in [-0.2, 0) is 6.42 Å². The standard InChI is InChI=1S/C16H13N5O/c17-9-11-7-10(5-6-14(11)19-18)8-15-12-3-1-2-4-13(12)16(22)21-20-15/h1-7,19H,8,18H2,(H,21,22). The lowest BCUT2D eigenvalue weighted by Gasteiger charge is -2.07. The second kappa shape index (κ2) is 5.68. The van der Waals surface area contributed by atoms with Crippen molar-refractivity contribution in [2.45, 2.75) is 6.42 Å². The van der Waals surface area contributed by atoms with Gasteiger partial charge in [0.2, 0.25) is 0 Å². The first-order chi connectivity index (χ1) is 10.7. The summed E-state index contributed by atoms with van der Waals surface area (Å²) in [6, 6.07) is 14.8. The average molecular weight is 291 g/mol. The molecule has 1 aromatic heterocycles. The van der Waals surface area contributed by atoms with Gasteiger partial charge in [-0.15, -0.1) is 0 Å². The number of nitrogens with two attached hydrogens (primary N) is 1. The van der Waals surface area contributed by atoms with Crippen molar-refractivity contribution >= 4 is 16.5 Å². The zero-order valence-corrected chi connectivity index (χ0v) is 11.6. The molecule has 0 fully saturated rings. The van der Waals surface area contributed by atoms with Crippen LogP contribution in [0, 0.1) is 11.3 Å². The molecule has 0 spiro atoms. The molecule has 6 nitrogen and oxygen atoms in total. The van der Waals surface area contributed by atoms with E-state index in [1.54, 1.807) is 18.2 Å². The molecule has 3 rings (SSSR count). The Morgan fingerprint density at radius 2 is 2.00 bits per heavy atom. The summed E-state index contributed by atoms with van der Waals surface area (Å²) in [5.41, 5.74) is 5.00. The lowest BCUT2D eigenvalue weighted by atomic mass is 10.0. The van der Waals surface area contributed by atoms with Crippen molar-refractivity contribution in [1.82, 2.24) is 10.2 Å². The number of nitrogens with one attached hydrogen (secondary N) is 2. The van der Waals surface area contributed by atoms with E-state index in [1.807, 2.05) is 24.3 Å². The number of anilines is 1. The fraction of sp³-hybridized carbons (Fsp3) is 0.0625. The van der Waals surface area contributed by atoms with Crippen molar-refractivity contribution in [2.24, 2.45) is 5.84 Å². The summed E-state index contributed by atoms with van der Waals surface area (Å²) < 4.78 is 0. The third-order valence-electron chi connectivity index (χ3n) is 3.51. The predicted octanol–water partition coefficient (Wildman–Crippen LogP) is 1.67. The Labute approximate surface area is 126 Å². The monoisotopic (exact) mass is 291 g/mol. The number of nitrogen functional groups attached to an aromatic ring is 1. The molecule has 0 atom stereocenters. The Morgan fingerprint density at radius 3 is 2.73 bits per heavy atom. The van der Waals surface area contributed by atoms with E-state index < -0.39 is 0 Å². The van der Waals surface area contributed by atoms with Crippen molar-refractivity contribution in [2.75, 3.05) is 5.43 Å². The summed E-state index contributed by atoms with van der Waals surface area (Å²) in [5, 5.41) is 17.2. The van der Waals surface area contributed by atoms with Gasteiger partial charge < -0.3 is 5.43 Å². The first kappa shape index (κ1) is 13.8. The van der Waals surface area contributed by atoms with Gasteiger partial charge in [-0.1, -0.05) is 24.3 Å². The van der Waals surface area contributed by atoms with Crippen LogP contribution in [0.3, 0.4) is 0 Å². The summed E-state index contributed by atoms with van der Waals surface area (Å²) >= 11 is 0. The van der Waals surface area contributed by atoms with Crippen molar-refractivity contribution in [1.29, 1.82) is 5.26 Å². The highest BCUT2D eigenvalue weighted by molar-refractivity contribution is 5.83. The highest BCUT2D eigenvalue weighted by Crippen LogP contribution is 2.20. The van der Waals surface area contributed by atoms with E-state index in [2.05, 4.69) is 21.7 Å². The maximum atomic E-state index is 11.8. The van der Waals surface area contributed by atoms with Gasteiger partial charge in [0, 0.05) is 11.8 Å². The number of hydrazine groups is 1. The maximum Gasteiger partial charge on any atom is 0.272 e. The van der Waals surface area contributed by atoms with Gasteiger partial charge in [0.05, 0.1) is 22.3 Å². The van der Waals surface area contributed by atoms with Gasteiger partial charge in [0.25, 0.3) is 5.56 Å². The fourth-order valence-electron chi connectivity index (χ4n) is 2.42. The smallest absolute Gasteiger partial charge is 0.272 e. The van der Waals surface area contributed by atoms with Crippen LogP contribution in [0.25, 0.3) is 10.8 Å². The predicted molar refractivity (Wildman–Crippen MR) is 84.1 cm³/mol. The average Bonchev–Trinajstić information content (AvgIpc) is 2.57.